The number of aromatic nitrogens is 3. The van der Waals surface area contributed by atoms with E-state index in [1.165, 1.54) is 7.11 Å². The third kappa shape index (κ3) is 2.08. The molecular formula is C9H14N4O5. The second-order valence-corrected chi connectivity index (χ2v) is 3.84. The van der Waals surface area contributed by atoms with Gasteiger partial charge in [0.2, 0.25) is 5.95 Å². The topological polar surface area (TPSA) is 133 Å². The molecule has 100 valence electrons. The van der Waals surface area contributed by atoms with Crippen molar-refractivity contribution < 1.29 is 19.7 Å². The number of nitrogen functional groups attached to an aromatic ring is 1. The first-order valence-corrected chi connectivity index (χ1v) is 5.26. The predicted molar refractivity (Wildman–Crippen MR) is 58.5 cm³/mol. The van der Waals surface area contributed by atoms with Crippen LogP contribution in [-0.4, -0.2) is 56.8 Å². The van der Waals surface area contributed by atoms with Crippen LogP contribution in [0, 0.1) is 0 Å². The van der Waals surface area contributed by atoms with Crippen molar-refractivity contribution in [3.63, 3.8) is 0 Å². The Labute approximate surface area is 102 Å². The monoisotopic (exact) mass is 258 g/mol. The number of hydrogen-bond donors (Lipinski definition) is 3. The summed E-state index contributed by atoms with van der Waals surface area (Å²) in [6, 6.07) is 0. The predicted octanol–water partition coefficient (Wildman–Crippen LogP) is -2.51. The number of anilines is 1. The van der Waals surface area contributed by atoms with Crippen molar-refractivity contribution in [2.45, 2.75) is 24.5 Å². The van der Waals surface area contributed by atoms with Crippen LogP contribution in [0.25, 0.3) is 0 Å². The molecule has 0 aliphatic carbocycles. The Hall–Kier alpha value is -1.55. The highest BCUT2D eigenvalue weighted by molar-refractivity contribution is 5.10. The lowest BCUT2D eigenvalue weighted by molar-refractivity contribution is -0.0629. The van der Waals surface area contributed by atoms with Crippen molar-refractivity contribution in [1.29, 1.82) is 0 Å². The summed E-state index contributed by atoms with van der Waals surface area (Å²) < 4.78 is 11.5. The van der Waals surface area contributed by atoms with E-state index in [1.807, 2.05) is 0 Å². The Kier molecular flexibility index (Phi) is 3.57. The zero-order chi connectivity index (χ0) is 13.3. The maximum Gasteiger partial charge on any atom is 0.354 e. The van der Waals surface area contributed by atoms with Gasteiger partial charge >= 0.3 is 5.69 Å². The van der Waals surface area contributed by atoms with E-state index in [9.17, 15) is 9.90 Å². The molecule has 1 aromatic heterocycles. The van der Waals surface area contributed by atoms with E-state index < -0.39 is 30.2 Å². The van der Waals surface area contributed by atoms with Gasteiger partial charge in [0.1, 0.15) is 24.6 Å². The lowest BCUT2D eigenvalue weighted by atomic mass is 10.1. The molecule has 2 heterocycles. The number of nitrogens with two attached hydrogens (primary N) is 1. The van der Waals surface area contributed by atoms with Crippen LogP contribution in [0.3, 0.4) is 0 Å². The minimum atomic E-state index is -1.05. The van der Waals surface area contributed by atoms with Crippen LogP contribution >= 0.6 is 0 Å². The molecule has 4 N–H and O–H groups in total. The van der Waals surface area contributed by atoms with Crippen molar-refractivity contribution in [2.75, 3.05) is 19.5 Å². The number of aliphatic hydroxyl groups is 2. The quantitative estimate of drug-likeness (QED) is 0.541. The summed E-state index contributed by atoms with van der Waals surface area (Å²) >= 11 is 0. The van der Waals surface area contributed by atoms with Crippen LogP contribution in [0.2, 0.25) is 0 Å². The van der Waals surface area contributed by atoms with Gasteiger partial charge in [-0.3, -0.25) is 4.57 Å². The maximum absolute atomic E-state index is 11.6. The first-order chi connectivity index (χ1) is 8.58. The number of aliphatic hydroxyl groups excluding tert-OH is 2. The highest BCUT2D eigenvalue weighted by Gasteiger charge is 2.45. The molecular weight excluding hydrogens is 244 g/mol. The van der Waals surface area contributed by atoms with Crippen LogP contribution in [0.1, 0.15) is 6.23 Å². The first kappa shape index (κ1) is 12.9. The van der Waals surface area contributed by atoms with Gasteiger partial charge in [-0.1, -0.05) is 0 Å². The van der Waals surface area contributed by atoms with E-state index in [4.69, 9.17) is 20.3 Å². The molecule has 0 saturated carbocycles. The molecule has 0 radical (unpaired) electrons. The van der Waals surface area contributed by atoms with Crippen LogP contribution in [0.15, 0.2) is 11.1 Å². The average molecular weight is 258 g/mol. The van der Waals surface area contributed by atoms with Gasteiger partial charge in [-0.2, -0.15) is 4.98 Å². The molecule has 9 nitrogen and oxygen atoms in total. The molecule has 9 heteroatoms. The van der Waals surface area contributed by atoms with Gasteiger partial charge in [-0.15, -0.1) is 0 Å². The summed E-state index contributed by atoms with van der Waals surface area (Å²) in [6.45, 7) is -0.387. The third-order valence-electron chi connectivity index (χ3n) is 2.78. The highest BCUT2D eigenvalue weighted by atomic mass is 16.6. The normalized spacial score (nSPS) is 31.7. The average Bonchev–Trinajstić information content (AvgIpc) is 2.65. The lowest BCUT2D eigenvalue weighted by Crippen LogP contribution is -2.37. The summed E-state index contributed by atoms with van der Waals surface area (Å²) in [6.07, 6.45) is -2.42. The van der Waals surface area contributed by atoms with E-state index in [0.717, 1.165) is 10.9 Å². The van der Waals surface area contributed by atoms with E-state index in [2.05, 4.69) is 9.97 Å². The standard InChI is InChI=1S/C9H14N4O5/c1-17-6-5(15)4(2-14)18-7(6)13-3-11-8(10)12-9(13)16/h3-7,14-15H,2H2,1H3,(H2,10,12,16)/t4-,5?,6?,7-/m1/s1. The molecule has 1 aliphatic heterocycles. The molecule has 2 rings (SSSR count). The summed E-state index contributed by atoms with van der Waals surface area (Å²) in [7, 11) is 1.37. The second-order valence-electron chi connectivity index (χ2n) is 3.84. The molecule has 1 saturated heterocycles. The maximum atomic E-state index is 11.6. The van der Waals surface area contributed by atoms with Crippen LogP contribution in [-0.2, 0) is 9.47 Å². The lowest BCUT2D eigenvalue weighted by Gasteiger charge is -2.19. The number of nitrogens with zero attached hydrogens (tertiary/aromatic N) is 3. The summed E-state index contributed by atoms with van der Waals surface area (Å²) in [5, 5.41) is 18.9. The fourth-order valence-corrected chi connectivity index (χ4v) is 1.88. The summed E-state index contributed by atoms with van der Waals surface area (Å²) in [5.41, 5.74) is 4.61. The van der Waals surface area contributed by atoms with Gasteiger partial charge in [0.25, 0.3) is 0 Å². The Bertz CT molecular complexity index is 478. The molecule has 1 aliphatic rings. The fraction of sp³-hybridized carbons (Fsp3) is 0.667. The van der Waals surface area contributed by atoms with Crippen molar-refractivity contribution in [3.05, 3.63) is 16.8 Å². The van der Waals surface area contributed by atoms with Gasteiger partial charge in [0, 0.05) is 7.11 Å². The molecule has 0 spiro atoms. The minimum absolute atomic E-state index is 0.150. The number of rotatable bonds is 3. The molecule has 1 aromatic rings. The molecule has 18 heavy (non-hydrogen) atoms. The number of methoxy groups -OCH3 is 1. The Balaban J connectivity index is 2.35. The van der Waals surface area contributed by atoms with E-state index >= 15 is 0 Å². The molecule has 2 unspecified atom stereocenters. The third-order valence-corrected chi connectivity index (χ3v) is 2.78. The molecule has 0 amide bonds. The molecule has 4 atom stereocenters. The van der Waals surface area contributed by atoms with Gasteiger partial charge in [0.05, 0.1) is 6.61 Å². The van der Waals surface area contributed by atoms with Gasteiger partial charge < -0.3 is 25.4 Å². The van der Waals surface area contributed by atoms with E-state index in [-0.39, 0.29) is 12.6 Å². The smallest absolute Gasteiger partial charge is 0.354 e. The zero-order valence-electron chi connectivity index (χ0n) is 9.63. The summed E-state index contributed by atoms with van der Waals surface area (Å²) in [4.78, 5) is 18.8. The van der Waals surface area contributed by atoms with E-state index in [0.29, 0.717) is 0 Å². The Morgan fingerprint density at radius 3 is 2.94 bits per heavy atom. The summed E-state index contributed by atoms with van der Waals surface area (Å²) in [5.74, 6) is -0.150. The molecule has 0 bridgehead atoms. The van der Waals surface area contributed by atoms with Gasteiger partial charge in [-0.25, -0.2) is 9.78 Å². The molecule has 0 aromatic carbocycles. The van der Waals surface area contributed by atoms with Crippen molar-refractivity contribution in [1.82, 2.24) is 14.5 Å². The van der Waals surface area contributed by atoms with Gasteiger partial charge in [0.15, 0.2) is 6.23 Å². The SMILES string of the molecule is COC1C(O)[C@@H](CO)O[C@H]1n1cnc(N)nc1=O. The fourth-order valence-electron chi connectivity index (χ4n) is 1.88. The van der Waals surface area contributed by atoms with Crippen molar-refractivity contribution in [3.8, 4) is 0 Å². The number of ether oxygens (including phenoxy) is 2. The Morgan fingerprint density at radius 2 is 2.39 bits per heavy atom. The Morgan fingerprint density at radius 1 is 1.67 bits per heavy atom. The van der Waals surface area contributed by atoms with E-state index in [1.54, 1.807) is 0 Å². The largest absolute Gasteiger partial charge is 0.394 e. The van der Waals surface area contributed by atoms with Crippen molar-refractivity contribution in [2.24, 2.45) is 0 Å². The molecule has 1 fully saturated rings. The zero-order valence-corrected chi connectivity index (χ0v) is 9.63. The van der Waals surface area contributed by atoms with Gasteiger partial charge in [-0.05, 0) is 0 Å². The first-order valence-electron chi connectivity index (χ1n) is 5.26. The minimum Gasteiger partial charge on any atom is -0.394 e. The second kappa shape index (κ2) is 4.98. The highest BCUT2D eigenvalue weighted by Crippen LogP contribution is 2.29. The van der Waals surface area contributed by atoms with Crippen LogP contribution < -0.4 is 11.4 Å². The van der Waals surface area contributed by atoms with Crippen molar-refractivity contribution >= 4 is 5.95 Å². The van der Waals surface area contributed by atoms with Crippen LogP contribution in [0.5, 0.6) is 0 Å². The van der Waals surface area contributed by atoms with Crippen LogP contribution in [0.4, 0.5) is 5.95 Å². The number of hydrogen-bond acceptors (Lipinski definition) is 8.